The van der Waals surface area contributed by atoms with Crippen LogP contribution < -0.4 is 5.32 Å². The summed E-state index contributed by atoms with van der Waals surface area (Å²) in [6.07, 6.45) is 2.73. The molecule has 0 atom stereocenters. The second-order valence-electron chi connectivity index (χ2n) is 5.65. The van der Waals surface area contributed by atoms with E-state index in [2.05, 4.69) is 50.0 Å². The van der Waals surface area contributed by atoms with Crippen LogP contribution in [-0.2, 0) is 13.1 Å². The van der Waals surface area contributed by atoms with Crippen LogP contribution in [0.4, 0.5) is 0 Å². The highest BCUT2D eigenvalue weighted by Crippen LogP contribution is 2.24. The molecule has 1 aromatic heterocycles. The van der Waals surface area contributed by atoms with E-state index in [-0.39, 0.29) is 0 Å². The van der Waals surface area contributed by atoms with Crippen LogP contribution in [0.5, 0.6) is 0 Å². The zero-order chi connectivity index (χ0) is 12.9. The molecule has 0 fully saturated rings. The maximum absolute atomic E-state index is 4.29. The summed E-state index contributed by atoms with van der Waals surface area (Å²) in [5.74, 6) is 1.70. The lowest BCUT2D eigenvalue weighted by Crippen LogP contribution is -2.33. The second-order valence-corrected chi connectivity index (χ2v) is 5.65. The number of aryl methyl sites for hydroxylation is 1. The minimum atomic E-state index is 0.315. The fraction of sp³-hybridized carbons (Fsp3) is 0.846. The predicted octanol–water partition coefficient (Wildman–Crippen LogP) is 2.46. The molecule has 0 amide bonds. The van der Waals surface area contributed by atoms with Gasteiger partial charge in [-0.05, 0) is 17.8 Å². The van der Waals surface area contributed by atoms with Gasteiger partial charge in [-0.2, -0.15) is 5.10 Å². The highest BCUT2D eigenvalue weighted by molar-refractivity contribution is 4.85. The molecule has 0 bridgehead atoms. The average molecular weight is 238 g/mol. The van der Waals surface area contributed by atoms with E-state index in [1.54, 1.807) is 6.33 Å². The summed E-state index contributed by atoms with van der Waals surface area (Å²) in [7, 11) is 0. The smallest absolute Gasteiger partial charge is 0.140 e. The Balaban J connectivity index is 2.43. The summed E-state index contributed by atoms with van der Waals surface area (Å²) in [5.41, 5.74) is 0.315. The molecule has 0 aliphatic carbocycles. The number of nitrogens with zero attached hydrogens (tertiary/aromatic N) is 3. The molecule has 0 aromatic carbocycles. The van der Waals surface area contributed by atoms with Crippen molar-refractivity contribution in [1.29, 1.82) is 0 Å². The Labute approximate surface area is 105 Å². The molecule has 0 aliphatic heterocycles. The normalized spacial score (nSPS) is 12.4. The molecule has 17 heavy (non-hydrogen) atoms. The molecule has 1 N–H and O–H groups in total. The molecule has 0 saturated carbocycles. The third-order valence-corrected chi connectivity index (χ3v) is 3.56. The quantitative estimate of drug-likeness (QED) is 0.793. The number of hydrogen-bond acceptors (Lipinski definition) is 3. The van der Waals surface area contributed by atoms with Crippen molar-refractivity contribution in [2.24, 2.45) is 11.3 Å². The van der Waals surface area contributed by atoms with Crippen molar-refractivity contribution in [3.63, 3.8) is 0 Å². The average Bonchev–Trinajstić information content (AvgIpc) is 2.66. The van der Waals surface area contributed by atoms with Gasteiger partial charge in [-0.15, -0.1) is 0 Å². The summed E-state index contributed by atoms with van der Waals surface area (Å²) in [5, 5.41) is 7.71. The van der Waals surface area contributed by atoms with Crippen molar-refractivity contribution in [1.82, 2.24) is 20.1 Å². The SMILES string of the molecule is CCCn1ncnc1CNCC(C)(C)C(C)C. The largest absolute Gasteiger partial charge is 0.309 e. The lowest BCUT2D eigenvalue weighted by atomic mass is 9.81. The van der Waals surface area contributed by atoms with Crippen molar-refractivity contribution in [3.05, 3.63) is 12.2 Å². The van der Waals surface area contributed by atoms with Gasteiger partial charge in [0.2, 0.25) is 0 Å². The third kappa shape index (κ3) is 4.11. The molecular weight excluding hydrogens is 212 g/mol. The fourth-order valence-electron chi connectivity index (χ4n) is 1.52. The summed E-state index contributed by atoms with van der Waals surface area (Å²) in [4.78, 5) is 4.29. The summed E-state index contributed by atoms with van der Waals surface area (Å²) in [6.45, 7) is 14.0. The highest BCUT2D eigenvalue weighted by Gasteiger charge is 2.21. The molecule has 4 heteroatoms. The maximum atomic E-state index is 4.29. The number of nitrogens with one attached hydrogen (secondary N) is 1. The van der Waals surface area contributed by atoms with E-state index in [9.17, 15) is 0 Å². The number of aromatic nitrogens is 3. The van der Waals surface area contributed by atoms with Gasteiger partial charge in [0.1, 0.15) is 12.2 Å². The van der Waals surface area contributed by atoms with Gasteiger partial charge in [0.25, 0.3) is 0 Å². The second kappa shape index (κ2) is 6.15. The van der Waals surface area contributed by atoms with Gasteiger partial charge in [0.05, 0.1) is 6.54 Å². The fourth-order valence-corrected chi connectivity index (χ4v) is 1.52. The van der Waals surface area contributed by atoms with Crippen molar-refractivity contribution >= 4 is 0 Å². The van der Waals surface area contributed by atoms with E-state index in [0.29, 0.717) is 11.3 Å². The minimum absolute atomic E-state index is 0.315. The van der Waals surface area contributed by atoms with Gasteiger partial charge < -0.3 is 5.32 Å². The highest BCUT2D eigenvalue weighted by atomic mass is 15.3. The van der Waals surface area contributed by atoms with Gasteiger partial charge in [-0.25, -0.2) is 9.67 Å². The van der Waals surface area contributed by atoms with Crippen LogP contribution in [0.25, 0.3) is 0 Å². The minimum Gasteiger partial charge on any atom is -0.309 e. The van der Waals surface area contributed by atoms with Crippen LogP contribution in [-0.4, -0.2) is 21.3 Å². The van der Waals surface area contributed by atoms with Gasteiger partial charge in [0.15, 0.2) is 0 Å². The van der Waals surface area contributed by atoms with E-state index in [1.165, 1.54) is 0 Å². The zero-order valence-electron chi connectivity index (χ0n) is 11.8. The molecule has 0 aliphatic rings. The monoisotopic (exact) mass is 238 g/mol. The molecule has 1 aromatic rings. The molecule has 1 heterocycles. The summed E-state index contributed by atoms with van der Waals surface area (Å²) < 4.78 is 1.98. The van der Waals surface area contributed by atoms with Crippen LogP contribution in [0.2, 0.25) is 0 Å². The molecule has 0 spiro atoms. The Morgan fingerprint density at radius 2 is 2.12 bits per heavy atom. The van der Waals surface area contributed by atoms with Crippen molar-refractivity contribution in [2.75, 3.05) is 6.54 Å². The van der Waals surface area contributed by atoms with Gasteiger partial charge in [0, 0.05) is 13.1 Å². The topological polar surface area (TPSA) is 42.7 Å². The molecule has 0 saturated heterocycles. The first-order chi connectivity index (χ1) is 7.97. The standard InChI is InChI=1S/C13H26N4/c1-6-7-17-12(15-10-16-17)8-14-9-13(4,5)11(2)3/h10-11,14H,6-9H2,1-5H3. The molecule has 4 nitrogen and oxygen atoms in total. The van der Waals surface area contributed by atoms with E-state index in [1.807, 2.05) is 4.68 Å². The Hall–Kier alpha value is -0.900. The van der Waals surface area contributed by atoms with E-state index >= 15 is 0 Å². The van der Waals surface area contributed by atoms with Crippen molar-refractivity contribution in [2.45, 2.75) is 54.1 Å². The number of hydrogen-bond donors (Lipinski definition) is 1. The van der Waals surface area contributed by atoms with Crippen LogP contribution in [0.1, 0.15) is 46.9 Å². The Morgan fingerprint density at radius 1 is 1.41 bits per heavy atom. The molecular formula is C13H26N4. The predicted molar refractivity (Wildman–Crippen MR) is 70.6 cm³/mol. The van der Waals surface area contributed by atoms with Gasteiger partial charge in [-0.1, -0.05) is 34.6 Å². The van der Waals surface area contributed by atoms with Crippen LogP contribution in [0.3, 0.4) is 0 Å². The van der Waals surface area contributed by atoms with Crippen LogP contribution in [0.15, 0.2) is 6.33 Å². The first kappa shape index (κ1) is 14.2. The van der Waals surface area contributed by atoms with E-state index in [4.69, 9.17) is 0 Å². The molecule has 98 valence electrons. The Kier molecular flexibility index (Phi) is 5.12. The Morgan fingerprint density at radius 3 is 2.71 bits per heavy atom. The van der Waals surface area contributed by atoms with Gasteiger partial charge in [-0.3, -0.25) is 0 Å². The van der Waals surface area contributed by atoms with E-state index in [0.717, 1.165) is 31.9 Å². The van der Waals surface area contributed by atoms with Crippen LogP contribution in [0, 0.1) is 11.3 Å². The summed E-state index contributed by atoms with van der Waals surface area (Å²) in [6, 6.07) is 0. The van der Waals surface area contributed by atoms with Gasteiger partial charge >= 0.3 is 0 Å². The first-order valence-corrected chi connectivity index (χ1v) is 6.54. The third-order valence-electron chi connectivity index (χ3n) is 3.56. The van der Waals surface area contributed by atoms with Crippen molar-refractivity contribution < 1.29 is 0 Å². The Bertz CT molecular complexity index is 328. The summed E-state index contributed by atoms with van der Waals surface area (Å²) >= 11 is 0. The molecule has 1 rings (SSSR count). The maximum Gasteiger partial charge on any atom is 0.140 e. The number of rotatable bonds is 7. The zero-order valence-corrected chi connectivity index (χ0v) is 11.8. The van der Waals surface area contributed by atoms with E-state index < -0.39 is 0 Å². The van der Waals surface area contributed by atoms with Crippen LogP contribution >= 0.6 is 0 Å². The lowest BCUT2D eigenvalue weighted by Gasteiger charge is -2.29. The lowest BCUT2D eigenvalue weighted by molar-refractivity contribution is 0.236. The first-order valence-electron chi connectivity index (χ1n) is 6.54. The van der Waals surface area contributed by atoms with Crippen molar-refractivity contribution in [3.8, 4) is 0 Å². The molecule has 0 unspecified atom stereocenters. The molecule has 0 radical (unpaired) electrons.